The van der Waals surface area contributed by atoms with Gasteiger partial charge in [-0.15, -0.1) is 0 Å². The van der Waals surface area contributed by atoms with Gasteiger partial charge in [-0.2, -0.15) is 0 Å². The van der Waals surface area contributed by atoms with Crippen molar-refractivity contribution >= 4 is 11.6 Å². The summed E-state index contributed by atoms with van der Waals surface area (Å²) in [6, 6.07) is 8.80. The predicted molar refractivity (Wildman–Crippen MR) is 45.3 cm³/mol. The molecule has 0 aliphatic heterocycles. The van der Waals surface area contributed by atoms with Gasteiger partial charge >= 0.3 is 0 Å². The minimum Gasteiger partial charge on any atom is -0.370 e. The Hall–Kier alpha value is -1.39. The van der Waals surface area contributed by atoms with Crippen molar-refractivity contribution in [2.75, 3.05) is 5.32 Å². The summed E-state index contributed by atoms with van der Waals surface area (Å²) in [6.07, 6.45) is -1.47. The second-order valence-electron chi connectivity index (χ2n) is 2.30. The van der Waals surface area contributed by atoms with Crippen LogP contribution in [0.4, 0.5) is 5.69 Å². The Bertz CT molecular complexity index is 259. The van der Waals surface area contributed by atoms with E-state index in [1.807, 2.05) is 6.07 Å². The molecule has 0 aromatic heterocycles. The average molecular weight is 166 g/mol. The predicted octanol–water partition coefficient (Wildman–Crippen LogP) is -0.0978. The lowest BCUT2D eigenvalue weighted by Crippen LogP contribution is -2.34. The van der Waals surface area contributed by atoms with Gasteiger partial charge in [0, 0.05) is 5.69 Å². The van der Waals surface area contributed by atoms with Crippen LogP contribution in [0.3, 0.4) is 0 Å². The molecule has 4 N–H and O–H groups in total. The molecule has 1 unspecified atom stereocenters. The molecule has 0 heterocycles. The normalized spacial score (nSPS) is 12.2. The Morgan fingerprint density at radius 2 is 2.00 bits per heavy atom. The summed E-state index contributed by atoms with van der Waals surface area (Å²) >= 11 is 0. The highest BCUT2D eigenvalue weighted by Gasteiger charge is 2.07. The Labute approximate surface area is 70.0 Å². The van der Waals surface area contributed by atoms with E-state index < -0.39 is 12.1 Å². The summed E-state index contributed by atoms with van der Waals surface area (Å²) in [5.41, 5.74) is 5.54. The lowest BCUT2D eigenvalue weighted by atomic mass is 10.3. The number of carbonyl (C=O) groups excluding carboxylic acids is 1. The lowest BCUT2D eigenvalue weighted by Gasteiger charge is -2.05. The highest BCUT2D eigenvalue weighted by atomic mass is 16.3. The van der Waals surface area contributed by atoms with Crippen molar-refractivity contribution in [3.63, 3.8) is 0 Å². The van der Waals surface area contributed by atoms with Crippen LogP contribution in [-0.2, 0) is 4.79 Å². The quantitative estimate of drug-likeness (QED) is 0.537. The third-order valence-corrected chi connectivity index (χ3v) is 1.31. The molecule has 1 rings (SSSR count). The highest BCUT2D eigenvalue weighted by molar-refractivity contribution is 5.93. The topological polar surface area (TPSA) is 75.3 Å². The molecule has 0 bridgehead atoms. The zero-order chi connectivity index (χ0) is 8.97. The van der Waals surface area contributed by atoms with Gasteiger partial charge < -0.3 is 10.4 Å². The van der Waals surface area contributed by atoms with Crippen molar-refractivity contribution in [3.8, 4) is 0 Å². The first-order valence-corrected chi connectivity index (χ1v) is 3.50. The maximum Gasteiger partial charge on any atom is 0.268 e. The van der Waals surface area contributed by atoms with Crippen LogP contribution in [0.15, 0.2) is 30.3 Å². The number of hydrogen-bond donors (Lipinski definition) is 3. The summed E-state index contributed by atoms with van der Waals surface area (Å²) in [5.74, 6) is -0.610. The molecule has 4 nitrogen and oxygen atoms in total. The average Bonchev–Trinajstić information content (AvgIpc) is 2.06. The number of benzene rings is 1. The molecule has 0 spiro atoms. The molecule has 1 aromatic rings. The molecule has 64 valence electrons. The van der Waals surface area contributed by atoms with Gasteiger partial charge in [0.05, 0.1) is 0 Å². The van der Waals surface area contributed by atoms with E-state index in [-0.39, 0.29) is 0 Å². The monoisotopic (exact) mass is 166 g/mol. The molecule has 0 aliphatic rings. The molecular weight excluding hydrogens is 156 g/mol. The van der Waals surface area contributed by atoms with Crippen molar-refractivity contribution < 1.29 is 9.90 Å². The zero-order valence-corrected chi connectivity index (χ0v) is 6.40. The molecule has 1 aromatic carbocycles. The lowest BCUT2D eigenvalue weighted by molar-refractivity contribution is -0.123. The number of nitrogens with two attached hydrogens (primary N) is 1. The van der Waals surface area contributed by atoms with Crippen LogP contribution < -0.4 is 11.1 Å². The van der Waals surface area contributed by atoms with Crippen molar-refractivity contribution in [1.29, 1.82) is 0 Å². The summed E-state index contributed by atoms with van der Waals surface area (Å²) in [5, 5.41) is 11.1. The molecule has 1 atom stereocenters. The molecule has 0 fully saturated rings. The second kappa shape index (κ2) is 3.85. The minimum absolute atomic E-state index is 0.610. The third kappa shape index (κ3) is 2.34. The number of hydrogen-bond acceptors (Lipinski definition) is 3. The fourth-order valence-electron chi connectivity index (χ4n) is 0.738. The number of anilines is 1. The van der Waals surface area contributed by atoms with Gasteiger partial charge in [-0.1, -0.05) is 18.2 Å². The number of rotatable bonds is 2. The fraction of sp³-hybridized carbons (Fsp3) is 0.125. The van der Waals surface area contributed by atoms with Crippen LogP contribution >= 0.6 is 0 Å². The number of para-hydroxylation sites is 1. The largest absolute Gasteiger partial charge is 0.370 e. The molecule has 0 aliphatic carbocycles. The van der Waals surface area contributed by atoms with Gasteiger partial charge in [0.15, 0.2) is 6.23 Å². The van der Waals surface area contributed by atoms with E-state index in [0.717, 1.165) is 0 Å². The van der Waals surface area contributed by atoms with Crippen LogP contribution in [0.1, 0.15) is 0 Å². The Balaban J connectivity index is 2.59. The van der Waals surface area contributed by atoms with E-state index in [2.05, 4.69) is 5.32 Å². The Kier molecular flexibility index (Phi) is 2.79. The van der Waals surface area contributed by atoms with Gasteiger partial charge in [0.25, 0.3) is 5.91 Å². The van der Waals surface area contributed by atoms with Crippen LogP contribution in [0.2, 0.25) is 0 Å². The maximum atomic E-state index is 10.8. The molecule has 0 saturated heterocycles. The van der Waals surface area contributed by atoms with Crippen molar-refractivity contribution in [3.05, 3.63) is 30.3 Å². The Morgan fingerprint density at radius 1 is 1.42 bits per heavy atom. The Morgan fingerprint density at radius 3 is 2.50 bits per heavy atom. The standard InChI is InChI=1S/C8H10N2O2/c9-7(11)8(12)10-6-4-2-1-3-5-6/h1-5,7,11H,9H2,(H,10,12). The van der Waals surface area contributed by atoms with E-state index in [9.17, 15) is 4.79 Å². The summed E-state index contributed by atoms with van der Waals surface area (Å²) in [4.78, 5) is 10.8. The van der Waals surface area contributed by atoms with Crippen LogP contribution in [0.5, 0.6) is 0 Å². The van der Waals surface area contributed by atoms with E-state index in [1.165, 1.54) is 0 Å². The van der Waals surface area contributed by atoms with Gasteiger partial charge in [-0.3, -0.25) is 10.5 Å². The van der Waals surface area contributed by atoms with E-state index >= 15 is 0 Å². The van der Waals surface area contributed by atoms with Crippen LogP contribution in [0, 0.1) is 0 Å². The van der Waals surface area contributed by atoms with Gasteiger partial charge in [-0.25, -0.2) is 0 Å². The first kappa shape index (κ1) is 8.70. The molecule has 0 saturated carbocycles. The molecule has 12 heavy (non-hydrogen) atoms. The minimum atomic E-state index is -1.47. The summed E-state index contributed by atoms with van der Waals surface area (Å²) in [6.45, 7) is 0. The van der Waals surface area contributed by atoms with Gasteiger partial charge in [0.2, 0.25) is 0 Å². The first-order chi connectivity index (χ1) is 5.70. The fourth-order valence-corrected chi connectivity index (χ4v) is 0.738. The van der Waals surface area contributed by atoms with Crippen molar-refractivity contribution in [1.82, 2.24) is 0 Å². The van der Waals surface area contributed by atoms with E-state index in [4.69, 9.17) is 10.8 Å². The number of nitrogens with one attached hydrogen (secondary N) is 1. The smallest absolute Gasteiger partial charge is 0.268 e. The van der Waals surface area contributed by atoms with Gasteiger partial charge in [-0.05, 0) is 12.1 Å². The van der Waals surface area contributed by atoms with E-state index in [0.29, 0.717) is 5.69 Å². The van der Waals surface area contributed by atoms with Crippen LogP contribution in [-0.4, -0.2) is 17.2 Å². The SMILES string of the molecule is NC(O)C(=O)Nc1ccccc1. The molecular formula is C8H10N2O2. The summed E-state index contributed by atoms with van der Waals surface area (Å²) in [7, 11) is 0. The van der Waals surface area contributed by atoms with Crippen molar-refractivity contribution in [2.45, 2.75) is 6.23 Å². The zero-order valence-electron chi connectivity index (χ0n) is 6.40. The third-order valence-electron chi connectivity index (χ3n) is 1.31. The van der Waals surface area contributed by atoms with Crippen LogP contribution in [0.25, 0.3) is 0 Å². The highest BCUT2D eigenvalue weighted by Crippen LogP contribution is 2.04. The second-order valence-corrected chi connectivity index (χ2v) is 2.30. The molecule has 1 amide bonds. The number of aliphatic hydroxyl groups excluding tert-OH is 1. The molecule has 0 radical (unpaired) electrons. The molecule has 4 heteroatoms. The van der Waals surface area contributed by atoms with Crippen molar-refractivity contribution in [2.24, 2.45) is 5.73 Å². The number of carbonyl (C=O) groups is 1. The summed E-state index contributed by atoms with van der Waals surface area (Å²) < 4.78 is 0. The van der Waals surface area contributed by atoms with Gasteiger partial charge in [0.1, 0.15) is 0 Å². The first-order valence-electron chi connectivity index (χ1n) is 3.50. The number of aliphatic hydroxyl groups is 1. The number of amides is 1. The maximum absolute atomic E-state index is 10.8. The van der Waals surface area contributed by atoms with E-state index in [1.54, 1.807) is 24.3 Å².